The van der Waals surface area contributed by atoms with Crippen LogP contribution in [0.3, 0.4) is 0 Å². The van der Waals surface area contributed by atoms with Gasteiger partial charge >= 0.3 is 0 Å². The first-order valence-corrected chi connectivity index (χ1v) is 3.99. The van der Waals surface area contributed by atoms with E-state index in [0.717, 1.165) is 12.4 Å². The highest BCUT2D eigenvalue weighted by molar-refractivity contribution is 5.92. The van der Waals surface area contributed by atoms with E-state index in [4.69, 9.17) is 5.73 Å². The Hall–Kier alpha value is -2.31. The average molecular weight is 207 g/mol. The van der Waals surface area contributed by atoms with Gasteiger partial charge in [0.25, 0.3) is 5.91 Å². The van der Waals surface area contributed by atoms with Gasteiger partial charge in [-0.15, -0.1) is 0 Å². The zero-order chi connectivity index (χ0) is 10.8. The average Bonchev–Trinajstić information content (AvgIpc) is 2.66. The van der Waals surface area contributed by atoms with Gasteiger partial charge in [0.05, 0.1) is 11.8 Å². The number of hydrogen-bond acceptors (Lipinski definition) is 4. The number of rotatable bonds is 2. The van der Waals surface area contributed by atoms with Crippen molar-refractivity contribution in [2.75, 3.05) is 0 Å². The third-order valence-corrected chi connectivity index (χ3v) is 1.72. The molecule has 0 aliphatic heterocycles. The zero-order valence-corrected chi connectivity index (χ0v) is 7.46. The molecule has 0 radical (unpaired) electrons. The summed E-state index contributed by atoms with van der Waals surface area (Å²) in [6.07, 6.45) is 3.71. The number of aromatic nitrogens is 4. The minimum absolute atomic E-state index is 0.231. The molecule has 2 rings (SSSR count). The summed E-state index contributed by atoms with van der Waals surface area (Å²) in [4.78, 5) is 17.9. The van der Waals surface area contributed by atoms with Crippen LogP contribution in [-0.2, 0) is 0 Å². The number of hydrogen-bond donors (Lipinski definition) is 1. The maximum absolute atomic E-state index is 12.7. The van der Waals surface area contributed by atoms with E-state index in [1.807, 2.05) is 0 Å². The molecule has 0 aliphatic carbocycles. The molecular formula is C8H6FN5O. The summed E-state index contributed by atoms with van der Waals surface area (Å²) >= 11 is 0. The third-order valence-electron chi connectivity index (χ3n) is 1.72. The fraction of sp³-hybridized carbons (Fsp3) is 0. The highest BCUT2D eigenvalue weighted by Crippen LogP contribution is 2.04. The molecule has 0 aliphatic rings. The summed E-state index contributed by atoms with van der Waals surface area (Å²) < 4.78 is 14.0. The first kappa shape index (κ1) is 9.25. The lowest BCUT2D eigenvalue weighted by Crippen LogP contribution is -2.09. The fourth-order valence-corrected chi connectivity index (χ4v) is 1.02. The second-order valence-corrected chi connectivity index (χ2v) is 2.74. The lowest BCUT2D eigenvalue weighted by molar-refractivity contribution is 0.100. The van der Waals surface area contributed by atoms with Crippen LogP contribution in [0.5, 0.6) is 0 Å². The van der Waals surface area contributed by atoms with Crippen molar-refractivity contribution in [3.63, 3.8) is 0 Å². The quantitative estimate of drug-likeness (QED) is 0.696. The molecule has 0 aromatic carbocycles. The molecule has 15 heavy (non-hydrogen) atoms. The van der Waals surface area contributed by atoms with Crippen LogP contribution in [0, 0.1) is 5.95 Å². The standard InChI is InChI=1S/C8H6FN5O/c9-6-1-7(12-4-11-6)14-3-5(2-13-14)8(10)15/h1-4H,(H2,10,15). The van der Waals surface area contributed by atoms with Crippen molar-refractivity contribution in [1.82, 2.24) is 19.7 Å². The molecule has 6 nitrogen and oxygen atoms in total. The Balaban J connectivity index is 2.41. The smallest absolute Gasteiger partial charge is 0.251 e. The van der Waals surface area contributed by atoms with E-state index >= 15 is 0 Å². The highest BCUT2D eigenvalue weighted by atomic mass is 19.1. The molecule has 2 aromatic rings. The minimum Gasteiger partial charge on any atom is -0.366 e. The summed E-state index contributed by atoms with van der Waals surface area (Å²) in [7, 11) is 0. The molecule has 2 heterocycles. The van der Waals surface area contributed by atoms with Crippen LogP contribution in [-0.4, -0.2) is 25.7 Å². The third kappa shape index (κ3) is 1.80. The Morgan fingerprint density at radius 1 is 1.47 bits per heavy atom. The molecule has 0 saturated heterocycles. The van der Waals surface area contributed by atoms with Gasteiger partial charge in [-0.05, 0) is 0 Å². The Morgan fingerprint density at radius 3 is 2.87 bits per heavy atom. The largest absolute Gasteiger partial charge is 0.366 e. The predicted molar refractivity (Wildman–Crippen MR) is 47.6 cm³/mol. The second-order valence-electron chi connectivity index (χ2n) is 2.74. The van der Waals surface area contributed by atoms with Crippen molar-refractivity contribution >= 4 is 5.91 Å². The van der Waals surface area contributed by atoms with Crippen molar-refractivity contribution in [3.05, 3.63) is 36.3 Å². The zero-order valence-electron chi connectivity index (χ0n) is 7.46. The normalized spacial score (nSPS) is 10.2. The first-order chi connectivity index (χ1) is 7.16. The summed E-state index contributed by atoms with van der Waals surface area (Å²) in [6.45, 7) is 0. The molecule has 0 atom stereocenters. The Bertz CT molecular complexity index is 509. The number of primary amides is 1. The van der Waals surface area contributed by atoms with Crippen molar-refractivity contribution < 1.29 is 9.18 Å². The molecule has 2 N–H and O–H groups in total. The minimum atomic E-state index is -0.670. The SMILES string of the molecule is NC(=O)c1cnn(-c2cc(F)ncn2)c1. The Kier molecular flexibility index (Phi) is 2.13. The number of amides is 1. The van der Waals surface area contributed by atoms with E-state index in [1.54, 1.807) is 0 Å². The molecule has 0 spiro atoms. The number of carbonyl (C=O) groups excluding carboxylic acids is 1. The van der Waals surface area contributed by atoms with Crippen LogP contribution < -0.4 is 5.73 Å². The van der Waals surface area contributed by atoms with Crippen molar-refractivity contribution in [3.8, 4) is 5.82 Å². The van der Waals surface area contributed by atoms with Crippen molar-refractivity contribution in [1.29, 1.82) is 0 Å². The predicted octanol–water partition coefficient (Wildman–Crippen LogP) is -0.0997. The maximum atomic E-state index is 12.7. The van der Waals surface area contributed by atoms with Crippen LogP contribution in [0.25, 0.3) is 5.82 Å². The Labute approximate surface area is 83.6 Å². The molecule has 0 unspecified atom stereocenters. The van der Waals surface area contributed by atoms with E-state index in [1.165, 1.54) is 17.1 Å². The molecular weight excluding hydrogens is 201 g/mol. The van der Waals surface area contributed by atoms with Gasteiger partial charge in [-0.2, -0.15) is 9.49 Å². The van der Waals surface area contributed by atoms with E-state index in [9.17, 15) is 9.18 Å². The summed E-state index contributed by atoms with van der Waals surface area (Å²) in [5, 5.41) is 3.81. The molecule has 2 aromatic heterocycles. The van der Waals surface area contributed by atoms with Crippen molar-refractivity contribution in [2.45, 2.75) is 0 Å². The summed E-state index contributed by atoms with van der Waals surface area (Å²) in [5.41, 5.74) is 5.27. The van der Waals surface area contributed by atoms with Gasteiger partial charge in [-0.3, -0.25) is 4.79 Å². The van der Waals surface area contributed by atoms with Crippen LogP contribution in [0.1, 0.15) is 10.4 Å². The summed E-state index contributed by atoms with van der Waals surface area (Å²) in [6, 6.07) is 1.10. The van der Waals surface area contributed by atoms with E-state index in [-0.39, 0.29) is 11.4 Å². The molecule has 1 amide bonds. The van der Waals surface area contributed by atoms with Gasteiger partial charge in [0.2, 0.25) is 5.95 Å². The van der Waals surface area contributed by atoms with Gasteiger partial charge in [0.15, 0.2) is 5.82 Å². The molecule has 0 bridgehead atoms. The Morgan fingerprint density at radius 2 is 2.27 bits per heavy atom. The monoisotopic (exact) mass is 207 g/mol. The number of nitrogens with two attached hydrogens (primary N) is 1. The molecule has 7 heteroatoms. The van der Waals surface area contributed by atoms with Gasteiger partial charge in [-0.25, -0.2) is 14.6 Å². The maximum Gasteiger partial charge on any atom is 0.251 e. The van der Waals surface area contributed by atoms with Crippen LogP contribution in [0.2, 0.25) is 0 Å². The lowest BCUT2D eigenvalue weighted by Gasteiger charge is -1.97. The van der Waals surface area contributed by atoms with Crippen LogP contribution in [0.4, 0.5) is 4.39 Å². The van der Waals surface area contributed by atoms with E-state index in [2.05, 4.69) is 15.1 Å². The van der Waals surface area contributed by atoms with Gasteiger partial charge in [0.1, 0.15) is 6.33 Å². The lowest BCUT2D eigenvalue weighted by atomic mass is 10.3. The van der Waals surface area contributed by atoms with Crippen molar-refractivity contribution in [2.24, 2.45) is 5.73 Å². The van der Waals surface area contributed by atoms with Gasteiger partial charge < -0.3 is 5.73 Å². The van der Waals surface area contributed by atoms with Crippen LogP contribution in [0.15, 0.2) is 24.8 Å². The number of carbonyl (C=O) groups is 1. The molecule has 0 fully saturated rings. The molecule has 76 valence electrons. The van der Waals surface area contributed by atoms with E-state index < -0.39 is 11.9 Å². The van der Waals surface area contributed by atoms with Gasteiger partial charge in [0, 0.05) is 12.3 Å². The fourth-order valence-electron chi connectivity index (χ4n) is 1.02. The van der Waals surface area contributed by atoms with Gasteiger partial charge in [-0.1, -0.05) is 0 Å². The first-order valence-electron chi connectivity index (χ1n) is 3.99. The van der Waals surface area contributed by atoms with E-state index in [0.29, 0.717) is 0 Å². The van der Waals surface area contributed by atoms with Crippen LogP contribution >= 0.6 is 0 Å². The topological polar surface area (TPSA) is 86.7 Å². The molecule has 0 saturated carbocycles. The highest BCUT2D eigenvalue weighted by Gasteiger charge is 2.06. The second kappa shape index (κ2) is 3.45. The number of halogens is 1. The number of nitrogens with zero attached hydrogens (tertiary/aromatic N) is 4. The summed E-state index contributed by atoms with van der Waals surface area (Å²) in [5.74, 6) is -1.04.